The second kappa shape index (κ2) is 3.45. The van der Waals surface area contributed by atoms with Crippen LogP contribution in [0.1, 0.15) is 11.1 Å². The van der Waals surface area contributed by atoms with Crippen molar-refractivity contribution < 1.29 is 22.7 Å². The molecule has 0 heterocycles. The Bertz CT molecular complexity index is 348. The van der Waals surface area contributed by atoms with E-state index in [-0.39, 0.29) is 5.56 Å². The summed E-state index contributed by atoms with van der Waals surface area (Å²) in [5.41, 5.74) is 2.54. The van der Waals surface area contributed by atoms with Crippen molar-refractivity contribution in [3.05, 3.63) is 29.1 Å². The molecule has 2 nitrogen and oxygen atoms in total. The zero-order chi connectivity index (χ0) is 10.9. The van der Waals surface area contributed by atoms with Crippen molar-refractivity contribution in [1.82, 2.24) is 0 Å². The molecule has 1 rings (SSSR count). The maximum absolute atomic E-state index is 12.8. The Kier molecular flexibility index (Phi) is 2.66. The van der Waals surface area contributed by atoms with E-state index < -0.39 is 29.9 Å². The molecule has 1 aromatic carbocycles. The van der Waals surface area contributed by atoms with Crippen LogP contribution < -0.4 is 5.73 Å². The number of anilines is 1. The molecule has 0 bridgehead atoms. The second-order valence-corrected chi connectivity index (χ2v) is 2.69. The van der Waals surface area contributed by atoms with Gasteiger partial charge >= 0.3 is 6.18 Å². The summed E-state index contributed by atoms with van der Waals surface area (Å²) in [5.74, 6) is -1.18. The molecule has 0 aliphatic carbocycles. The van der Waals surface area contributed by atoms with Crippen LogP contribution in [0.25, 0.3) is 0 Å². The van der Waals surface area contributed by atoms with Gasteiger partial charge in [0.25, 0.3) is 0 Å². The van der Waals surface area contributed by atoms with Crippen LogP contribution >= 0.6 is 0 Å². The van der Waals surface area contributed by atoms with Gasteiger partial charge in [-0.2, -0.15) is 13.2 Å². The third kappa shape index (κ3) is 1.95. The largest absolute Gasteiger partial charge is 0.418 e. The maximum atomic E-state index is 12.8. The van der Waals surface area contributed by atoms with Crippen molar-refractivity contribution in [3.8, 4) is 0 Å². The van der Waals surface area contributed by atoms with Crippen molar-refractivity contribution >= 4 is 5.69 Å². The molecule has 0 amide bonds. The van der Waals surface area contributed by atoms with Gasteiger partial charge in [0.15, 0.2) is 0 Å². The number of hydrogen-bond acceptors (Lipinski definition) is 2. The van der Waals surface area contributed by atoms with Crippen LogP contribution in [-0.4, -0.2) is 5.11 Å². The molecule has 0 radical (unpaired) electrons. The van der Waals surface area contributed by atoms with Gasteiger partial charge in [-0.3, -0.25) is 0 Å². The van der Waals surface area contributed by atoms with Crippen LogP contribution in [0.4, 0.5) is 23.2 Å². The van der Waals surface area contributed by atoms with Crippen LogP contribution in [0.15, 0.2) is 12.1 Å². The first-order chi connectivity index (χ1) is 6.36. The number of rotatable bonds is 1. The van der Waals surface area contributed by atoms with Crippen molar-refractivity contribution in [2.24, 2.45) is 0 Å². The van der Waals surface area contributed by atoms with Gasteiger partial charge in [-0.25, -0.2) is 4.39 Å². The number of nitrogen functional groups attached to an aromatic ring is 1. The predicted molar refractivity (Wildman–Crippen MR) is 41.7 cm³/mol. The molecule has 0 unspecified atom stereocenters. The summed E-state index contributed by atoms with van der Waals surface area (Å²) in [7, 11) is 0. The Morgan fingerprint density at radius 1 is 1.29 bits per heavy atom. The van der Waals surface area contributed by atoms with Gasteiger partial charge in [0, 0.05) is 0 Å². The van der Waals surface area contributed by atoms with Crippen LogP contribution in [0.5, 0.6) is 0 Å². The van der Waals surface area contributed by atoms with Crippen molar-refractivity contribution in [3.63, 3.8) is 0 Å². The summed E-state index contributed by atoms with van der Waals surface area (Å²) in [6.07, 6.45) is -4.71. The number of aliphatic hydroxyl groups is 1. The smallest absolute Gasteiger partial charge is 0.396 e. The predicted octanol–water partition coefficient (Wildman–Crippen LogP) is 1.92. The van der Waals surface area contributed by atoms with E-state index in [4.69, 9.17) is 10.8 Å². The van der Waals surface area contributed by atoms with Gasteiger partial charge in [-0.15, -0.1) is 0 Å². The minimum atomic E-state index is -4.71. The average Bonchev–Trinajstić information content (AvgIpc) is 2.07. The summed E-state index contributed by atoms with van der Waals surface area (Å²) < 4.78 is 49.5. The van der Waals surface area contributed by atoms with Gasteiger partial charge in [0.2, 0.25) is 0 Å². The molecule has 1 aromatic rings. The standard InChI is InChI=1S/C8H7F4NO/c9-6-2-4(3-14)1-5(7(6)13)8(10,11)12/h1-2,14H,3,13H2. The summed E-state index contributed by atoms with van der Waals surface area (Å²) in [6, 6.07) is 1.39. The molecule has 14 heavy (non-hydrogen) atoms. The highest BCUT2D eigenvalue weighted by Crippen LogP contribution is 2.35. The third-order valence-corrected chi connectivity index (χ3v) is 1.68. The summed E-state index contributed by atoms with van der Waals surface area (Å²) in [4.78, 5) is 0. The van der Waals surface area contributed by atoms with Crippen LogP contribution in [0, 0.1) is 5.82 Å². The lowest BCUT2D eigenvalue weighted by molar-refractivity contribution is -0.137. The van der Waals surface area contributed by atoms with E-state index in [1.54, 1.807) is 0 Å². The Hall–Kier alpha value is -1.30. The highest BCUT2D eigenvalue weighted by molar-refractivity contribution is 5.51. The molecule has 0 fully saturated rings. The zero-order valence-corrected chi connectivity index (χ0v) is 6.90. The van der Waals surface area contributed by atoms with E-state index in [0.717, 1.165) is 6.07 Å². The quantitative estimate of drug-likeness (QED) is 0.548. The number of aliphatic hydroxyl groups excluding tert-OH is 1. The Morgan fingerprint density at radius 3 is 2.29 bits per heavy atom. The van der Waals surface area contributed by atoms with Crippen molar-refractivity contribution in [1.29, 1.82) is 0 Å². The molecular formula is C8H7F4NO. The number of alkyl halides is 3. The van der Waals surface area contributed by atoms with E-state index >= 15 is 0 Å². The first-order valence-corrected chi connectivity index (χ1v) is 3.62. The molecule has 0 spiro atoms. The summed E-state index contributed by atoms with van der Waals surface area (Å²) >= 11 is 0. The second-order valence-electron chi connectivity index (χ2n) is 2.69. The first-order valence-electron chi connectivity index (χ1n) is 3.62. The zero-order valence-electron chi connectivity index (χ0n) is 6.90. The molecule has 6 heteroatoms. The Morgan fingerprint density at radius 2 is 1.86 bits per heavy atom. The lowest BCUT2D eigenvalue weighted by Gasteiger charge is -2.11. The van der Waals surface area contributed by atoms with Gasteiger partial charge in [-0.05, 0) is 17.7 Å². The molecule has 0 saturated carbocycles. The third-order valence-electron chi connectivity index (χ3n) is 1.68. The lowest BCUT2D eigenvalue weighted by Crippen LogP contribution is -2.11. The van der Waals surface area contributed by atoms with Crippen LogP contribution in [0.2, 0.25) is 0 Å². The monoisotopic (exact) mass is 209 g/mol. The van der Waals surface area contributed by atoms with E-state index in [1.165, 1.54) is 0 Å². The fourth-order valence-electron chi connectivity index (χ4n) is 1.000. The molecule has 0 aromatic heterocycles. The maximum Gasteiger partial charge on any atom is 0.418 e. The highest BCUT2D eigenvalue weighted by Gasteiger charge is 2.34. The molecule has 78 valence electrons. The van der Waals surface area contributed by atoms with Crippen molar-refractivity contribution in [2.45, 2.75) is 12.8 Å². The van der Waals surface area contributed by atoms with E-state index in [0.29, 0.717) is 6.07 Å². The number of halogens is 4. The fourth-order valence-corrected chi connectivity index (χ4v) is 1.000. The van der Waals surface area contributed by atoms with Crippen molar-refractivity contribution in [2.75, 3.05) is 5.73 Å². The average molecular weight is 209 g/mol. The minimum absolute atomic E-state index is 0.163. The number of hydrogen-bond donors (Lipinski definition) is 2. The molecule has 0 aliphatic heterocycles. The van der Waals surface area contributed by atoms with Gasteiger partial charge in [0.1, 0.15) is 5.82 Å². The fraction of sp³-hybridized carbons (Fsp3) is 0.250. The summed E-state index contributed by atoms with van der Waals surface area (Å²) in [6.45, 7) is -0.666. The van der Waals surface area contributed by atoms with Gasteiger partial charge < -0.3 is 10.8 Å². The van der Waals surface area contributed by atoms with E-state index in [9.17, 15) is 17.6 Å². The lowest BCUT2D eigenvalue weighted by atomic mass is 10.1. The van der Waals surface area contributed by atoms with Crippen LogP contribution in [0.3, 0.4) is 0 Å². The van der Waals surface area contributed by atoms with Gasteiger partial charge in [0.05, 0.1) is 17.9 Å². The Balaban J connectivity index is 3.35. The molecule has 3 N–H and O–H groups in total. The van der Waals surface area contributed by atoms with Crippen LogP contribution in [-0.2, 0) is 12.8 Å². The topological polar surface area (TPSA) is 46.2 Å². The highest BCUT2D eigenvalue weighted by atomic mass is 19.4. The normalized spacial score (nSPS) is 11.8. The van der Waals surface area contributed by atoms with E-state index in [2.05, 4.69) is 0 Å². The van der Waals surface area contributed by atoms with E-state index in [1.807, 2.05) is 0 Å². The Labute approximate surface area is 77.0 Å². The molecular weight excluding hydrogens is 202 g/mol. The minimum Gasteiger partial charge on any atom is -0.396 e. The molecule has 0 atom stereocenters. The van der Waals surface area contributed by atoms with Gasteiger partial charge in [-0.1, -0.05) is 0 Å². The number of nitrogens with two attached hydrogens (primary N) is 1. The molecule has 0 aliphatic rings. The SMILES string of the molecule is Nc1c(F)cc(CO)cc1C(F)(F)F. The molecule has 0 saturated heterocycles. The summed E-state index contributed by atoms with van der Waals surface area (Å²) in [5, 5.41) is 8.57. The number of benzene rings is 1. The first kappa shape index (κ1) is 10.8.